The lowest BCUT2D eigenvalue weighted by Gasteiger charge is -2.35. The molecule has 35 heavy (non-hydrogen) atoms. The van der Waals surface area contributed by atoms with E-state index in [0.717, 1.165) is 25.9 Å². The standard InChI is InChI=1S/C24H26ClF2N5O2.ClH/c1-30(2)17-9-11-31(12-10-17)23(33)15-3-6-18(7-4-15)32-14-20(28)22(29-32)19-13-16(25)5-8-21(19)34-24(26)27;/h3-8,13-14,17,24H,9-12,28H2,1-2H3;1H. The first-order valence-corrected chi connectivity index (χ1v) is 11.3. The average Bonchev–Trinajstić information content (AvgIpc) is 3.21. The highest BCUT2D eigenvalue weighted by Gasteiger charge is 2.25. The van der Waals surface area contributed by atoms with Gasteiger partial charge in [0.15, 0.2) is 0 Å². The van der Waals surface area contributed by atoms with E-state index >= 15 is 0 Å². The molecular formula is C24H27Cl2F2N5O2. The summed E-state index contributed by atoms with van der Waals surface area (Å²) in [7, 11) is 4.13. The van der Waals surface area contributed by atoms with Crippen molar-refractivity contribution in [1.29, 1.82) is 0 Å². The van der Waals surface area contributed by atoms with E-state index in [-0.39, 0.29) is 41.0 Å². The van der Waals surface area contributed by atoms with E-state index in [1.54, 1.807) is 30.5 Å². The number of carbonyl (C=O) groups is 1. The number of piperidine rings is 1. The number of rotatable bonds is 6. The molecule has 188 valence electrons. The molecule has 0 spiro atoms. The predicted octanol–water partition coefficient (Wildman–Crippen LogP) is 4.96. The first kappa shape index (κ1) is 26.7. The number of nitrogen functional groups attached to an aromatic ring is 1. The number of hydrogen-bond acceptors (Lipinski definition) is 5. The lowest BCUT2D eigenvalue weighted by molar-refractivity contribution is -0.0494. The van der Waals surface area contributed by atoms with Gasteiger partial charge in [-0.3, -0.25) is 4.79 Å². The molecule has 2 N–H and O–H groups in total. The molecule has 1 aromatic heterocycles. The molecule has 0 bridgehead atoms. The van der Waals surface area contributed by atoms with Gasteiger partial charge in [-0.1, -0.05) is 11.6 Å². The Morgan fingerprint density at radius 2 is 1.83 bits per heavy atom. The maximum Gasteiger partial charge on any atom is 0.387 e. The zero-order chi connectivity index (χ0) is 24.4. The molecule has 2 aromatic carbocycles. The maximum absolute atomic E-state index is 12.9. The van der Waals surface area contributed by atoms with E-state index in [0.29, 0.717) is 22.3 Å². The lowest BCUT2D eigenvalue weighted by atomic mass is 10.0. The minimum absolute atomic E-state index is 0. The SMILES string of the molecule is CN(C)C1CCN(C(=O)c2ccc(-n3cc(N)c(-c4cc(Cl)ccc4OC(F)F)n3)cc2)CC1.Cl. The molecule has 4 rings (SSSR count). The maximum atomic E-state index is 12.9. The topological polar surface area (TPSA) is 76.6 Å². The van der Waals surface area contributed by atoms with Crippen molar-refractivity contribution in [1.82, 2.24) is 19.6 Å². The number of amides is 1. The predicted molar refractivity (Wildman–Crippen MR) is 135 cm³/mol. The summed E-state index contributed by atoms with van der Waals surface area (Å²) in [5.41, 5.74) is 8.19. The van der Waals surface area contributed by atoms with Gasteiger partial charge >= 0.3 is 6.61 Å². The van der Waals surface area contributed by atoms with Crippen LogP contribution in [0.15, 0.2) is 48.7 Å². The van der Waals surface area contributed by atoms with Gasteiger partial charge < -0.3 is 20.3 Å². The van der Waals surface area contributed by atoms with Crippen LogP contribution in [0.4, 0.5) is 14.5 Å². The van der Waals surface area contributed by atoms with Crippen molar-refractivity contribution in [2.45, 2.75) is 25.5 Å². The number of carbonyl (C=O) groups excluding carboxylic acids is 1. The summed E-state index contributed by atoms with van der Waals surface area (Å²) in [6, 6.07) is 11.8. The van der Waals surface area contributed by atoms with Gasteiger partial charge in [0.05, 0.1) is 17.6 Å². The van der Waals surface area contributed by atoms with Gasteiger partial charge in [0.1, 0.15) is 11.4 Å². The third kappa shape index (κ3) is 6.04. The summed E-state index contributed by atoms with van der Waals surface area (Å²) in [5, 5.41) is 4.79. The van der Waals surface area contributed by atoms with Crippen LogP contribution in [0, 0.1) is 0 Å². The average molecular weight is 526 g/mol. The van der Waals surface area contributed by atoms with Crippen molar-refractivity contribution in [3.05, 3.63) is 59.2 Å². The van der Waals surface area contributed by atoms with E-state index in [2.05, 4.69) is 28.8 Å². The summed E-state index contributed by atoms with van der Waals surface area (Å²) < 4.78 is 31.8. The van der Waals surface area contributed by atoms with E-state index in [1.807, 2.05) is 4.90 Å². The molecule has 11 heteroatoms. The summed E-state index contributed by atoms with van der Waals surface area (Å²) in [6.45, 7) is -1.54. The molecule has 1 saturated heterocycles. The van der Waals surface area contributed by atoms with Gasteiger partial charge in [0.2, 0.25) is 0 Å². The molecule has 1 fully saturated rings. The lowest BCUT2D eigenvalue weighted by Crippen LogP contribution is -2.44. The number of halogens is 4. The third-order valence-electron chi connectivity index (χ3n) is 6.02. The van der Waals surface area contributed by atoms with Crippen LogP contribution in [0.25, 0.3) is 16.9 Å². The number of hydrogen-bond donors (Lipinski definition) is 1. The zero-order valence-corrected chi connectivity index (χ0v) is 20.9. The second kappa shape index (κ2) is 11.2. The molecule has 1 amide bonds. The van der Waals surface area contributed by atoms with Gasteiger partial charge in [-0.15, -0.1) is 12.4 Å². The smallest absolute Gasteiger partial charge is 0.387 e. The number of nitrogens with zero attached hydrogens (tertiary/aromatic N) is 4. The van der Waals surface area contributed by atoms with E-state index in [1.165, 1.54) is 22.9 Å². The fourth-order valence-corrected chi connectivity index (χ4v) is 4.31. The Hall–Kier alpha value is -2.88. The first-order valence-electron chi connectivity index (χ1n) is 10.9. The highest BCUT2D eigenvalue weighted by atomic mass is 35.5. The van der Waals surface area contributed by atoms with E-state index in [4.69, 9.17) is 17.3 Å². The van der Waals surface area contributed by atoms with Crippen molar-refractivity contribution >= 4 is 35.6 Å². The Bertz CT molecular complexity index is 1160. The third-order valence-corrected chi connectivity index (χ3v) is 6.25. The Kier molecular flexibility index (Phi) is 8.58. The number of alkyl halides is 2. The summed E-state index contributed by atoms with van der Waals surface area (Å²) in [6.07, 6.45) is 3.48. The fourth-order valence-electron chi connectivity index (χ4n) is 4.14. The molecule has 0 saturated carbocycles. The van der Waals surface area contributed by atoms with Crippen LogP contribution < -0.4 is 10.5 Å². The van der Waals surface area contributed by atoms with Crippen molar-refractivity contribution in [2.24, 2.45) is 0 Å². The zero-order valence-electron chi connectivity index (χ0n) is 19.3. The van der Waals surface area contributed by atoms with Gasteiger partial charge in [-0.05, 0) is 69.4 Å². The highest BCUT2D eigenvalue weighted by Crippen LogP contribution is 2.36. The summed E-state index contributed by atoms with van der Waals surface area (Å²) in [5.74, 6) is -0.0764. The molecule has 0 unspecified atom stereocenters. The number of likely N-dealkylation sites (tertiary alicyclic amines) is 1. The molecule has 1 aliphatic rings. The van der Waals surface area contributed by atoms with E-state index in [9.17, 15) is 13.6 Å². The van der Waals surface area contributed by atoms with Crippen LogP contribution in [0.5, 0.6) is 5.75 Å². The van der Waals surface area contributed by atoms with Gasteiger partial charge in [-0.2, -0.15) is 13.9 Å². The summed E-state index contributed by atoms with van der Waals surface area (Å²) in [4.78, 5) is 17.0. The highest BCUT2D eigenvalue weighted by molar-refractivity contribution is 6.31. The fraction of sp³-hybridized carbons (Fsp3) is 0.333. The second-order valence-corrected chi connectivity index (χ2v) is 8.87. The van der Waals surface area contributed by atoms with Crippen molar-refractivity contribution in [3.8, 4) is 22.7 Å². The normalized spacial score (nSPS) is 14.3. The Labute approximate surface area is 213 Å². The van der Waals surface area contributed by atoms with Crippen LogP contribution >= 0.6 is 24.0 Å². The van der Waals surface area contributed by atoms with Crippen molar-refractivity contribution < 1.29 is 18.3 Å². The molecule has 0 atom stereocenters. The minimum atomic E-state index is -3.00. The minimum Gasteiger partial charge on any atom is -0.434 e. The van der Waals surface area contributed by atoms with Gasteiger partial charge in [-0.25, -0.2) is 4.68 Å². The van der Waals surface area contributed by atoms with Crippen molar-refractivity contribution in [2.75, 3.05) is 32.9 Å². The van der Waals surface area contributed by atoms with Crippen LogP contribution in [-0.4, -0.2) is 65.3 Å². The Morgan fingerprint density at radius 1 is 1.17 bits per heavy atom. The molecular weight excluding hydrogens is 499 g/mol. The molecule has 2 heterocycles. The number of anilines is 1. The largest absolute Gasteiger partial charge is 0.434 e. The van der Waals surface area contributed by atoms with E-state index < -0.39 is 6.61 Å². The number of benzene rings is 2. The van der Waals surface area contributed by atoms with Crippen LogP contribution in [0.2, 0.25) is 5.02 Å². The molecule has 0 aliphatic carbocycles. The van der Waals surface area contributed by atoms with Gasteiger partial charge in [0, 0.05) is 35.3 Å². The van der Waals surface area contributed by atoms with Crippen molar-refractivity contribution in [3.63, 3.8) is 0 Å². The number of nitrogens with two attached hydrogens (primary N) is 1. The first-order chi connectivity index (χ1) is 16.2. The molecule has 1 aliphatic heterocycles. The van der Waals surface area contributed by atoms with Crippen LogP contribution in [-0.2, 0) is 0 Å². The quantitative estimate of drug-likeness (QED) is 0.491. The Balaban J connectivity index is 0.00000342. The number of aromatic nitrogens is 2. The molecule has 0 radical (unpaired) electrons. The molecule has 7 nitrogen and oxygen atoms in total. The van der Waals surface area contributed by atoms with Crippen LogP contribution in [0.1, 0.15) is 23.2 Å². The monoisotopic (exact) mass is 525 g/mol. The second-order valence-electron chi connectivity index (χ2n) is 8.43. The Morgan fingerprint density at radius 3 is 2.43 bits per heavy atom. The van der Waals surface area contributed by atoms with Crippen LogP contribution in [0.3, 0.4) is 0 Å². The van der Waals surface area contributed by atoms with Gasteiger partial charge in [0.25, 0.3) is 5.91 Å². The summed E-state index contributed by atoms with van der Waals surface area (Å²) >= 11 is 6.06. The molecule has 3 aromatic rings. The number of ether oxygens (including phenoxy) is 1.